The van der Waals surface area contributed by atoms with Crippen LogP contribution in [0.4, 0.5) is 11.8 Å². The number of benzene rings is 1. The Labute approximate surface area is 218 Å². The highest BCUT2D eigenvalue weighted by Crippen LogP contribution is 2.59. The molecule has 5 unspecified atom stereocenters. The number of pyridine rings is 1. The molecule has 4 aromatic rings. The number of fused-ring (bicyclic) bond motifs is 2. The number of rotatable bonds is 7. The third-order valence-electron chi connectivity index (χ3n) is 7.78. The number of carbonyl (C=O) groups excluding carboxylic acids is 1. The predicted molar refractivity (Wildman–Crippen MR) is 142 cm³/mol. The average Bonchev–Trinajstić information content (AvgIpc) is 3.19. The van der Waals surface area contributed by atoms with E-state index in [1.165, 1.54) is 16.9 Å². The van der Waals surface area contributed by atoms with Crippen molar-refractivity contribution in [2.45, 2.75) is 51.5 Å². The van der Waals surface area contributed by atoms with E-state index in [1.807, 2.05) is 32.0 Å². The molecule has 0 radical (unpaired) electrons. The molecule has 3 aromatic heterocycles. The zero-order valence-electron chi connectivity index (χ0n) is 20.8. The van der Waals surface area contributed by atoms with Crippen molar-refractivity contribution in [3.63, 3.8) is 0 Å². The van der Waals surface area contributed by atoms with Gasteiger partial charge in [-0.1, -0.05) is 24.3 Å². The highest BCUT2D eigenvalue weighted by atomic mass is 32.1. The summed E-state index contributed by atoms with van der Waals surface area (Å²) in [6.45, 7) is 6.47. The Morgan fingerprint density at radius 1 is 1.14 bits per heavy atom. The Kier molecular flexibility index (Phi) is 5.70. The maximum absolute atomic E-state index is 12.0. The van der Waals surface area contributed by atoms with Gasteiger partial charge in [0.1, 0.15) is 28.2 Å². The molecular weight excluding hydrogens is 488 g/mol. The molecule has 190 valence electrons. The number of aldehydes is 1. The summed E-state index contributed by atoms with van der Waals surface area (Å²) in [5.41, 5.74) is 4.11. The first kappa shape index (κ1) is 23.9. The van der Waals surface area contributed by atoms with Crippen LogP contribution in [0.5, 0.6) is 0 Å². The first-order valence-corrected chi connectivity index (χ1v) is 13.1. The minimum Gasteiger partial charge on any atom is -0.390 e. The van der Waals surface area contributed by atoms with Crippen molar-refractivity contribution in [2.75, 3.05) is 10.6 Å². The van der Waals surface area contributed by atoms with E-state index in [4.69, 9.17) is 15.0 Å². The lowest BCUT2D eigenvalue weighted by molar-refractivity contribution is -0.116. The van der Waals surface area contributed by atoms with Gasteiger partial charge in [-0.2, -0.15) is 4.98 Å². The quantitative estimate of drug-likeness (QED) is 0.273. The number of nitrogens with one attached hydrogen (secondary N) is 2. The third-order valence-corrected chi connectivity index (χ3v) is 8.81. The number of carbonyl (C=O) groups is 1. The SMILES string of the molecule is Cc1ccccc1CNc1nc(C)c(-c2nc3c(C)nccc3s2)c(NC2CC3C(O)C3(O)C2C=O)n1. The van der Waals surface area contributed by atoms with Gasteiger partial charge in [-0.15, -0.1) is 11.3 Å². The van der Waals surface area contributed by atoms with Crippen molar-refractivity contribution < 1.29 is 15.0 Å². The van der Waals surface area contributed by atoms with E-state index in [-0.39, 0.29) is 12.0 Å². The summed E-state index contributed by atoms with van der Waals surface area (Å²) >= 11 is 1.53. The molecule has 0 bridgehead atoms. The van der Waals surface area contributed by atoms with Crippen LogP contribution in [0.3, 0.4) is 0 Å². The molecule has 0 aliphatic heterocycles. The number of aryl methyl sites for hydroxylation is 3. The van der Waals surface area contributed by atoms with E-state index in [0.29, 0.717) is 24.7 Å². The van der Waals surface area contributed by atoms with Crippen LogP contribution in [-0.2, 0) is 11.3 Å². The molecule has 37 heavy (non-hydrogen) atoms. The smallest absolute Gasteiger partial charge is 0.225 e. The van der Waals surface area contributed by atoms with Crippen LogP contribution in [0.2, 0.25) is 0 Å². The summed E-state index contributed by atoms with van der Waals surface area (Å²) in [5.74, 6) is -0.0570. The van der Waals surface area contributed by atoms with Gasteiger partial charge in [0.25, 0.3) is 0 Å². The minimum absolute atomic E-state index is 0.318. The Morgan fingerprint density at radius 2 is 1.95 bits per heavy atom. The van der Waals surface area contributed by atoms with E-state index in [1.54, 1.807) is 6.20 Å². The van der Waals surface area contributed by atoms with Gasteiger partial charge in [0.15, 0.2) is 0 Å². The Morgan fingerprint density at radius 3 is 2.70 bits per heavy atom. The zero-order chi connectivity index (χ0) is 25.9. The van der Waals surface area contributed by atoms with Gasteiger partial charge in [0.2, 0.25) is 5.95 Å². The molecule has 0 amide bonds. The minimum atomic E-state index is -1.37. The number of anilines is 2. The fraction of sp³-hybridized carbons (Fsp3) is 0.370. The van der Waals surface area contributed by atoms with Gasteiger partial charge < -0.3 is 25.6 Å². The van der Waals surface area contributed by atoms with Crippen molar-refractivity contribution in [1.82, 2.24) is 19.9 Å². The maximum Gasteiger partial charge on any atom is 0.225 e. The van der Waals surface area contributed by atoms with Crippen LogP contribution < -0.4 is 10.6 Å². The lowest BCUT2D eigenvalue weighted by atomic mass is 9.96. The second-order valence-electron chi connectivity index (χ2n) is 9.99. The van der Waals surface area contributed by atoms with E-state index in [2.05, 4.69) is 34.7 Å². The maximum atomic E-state index is 12.0. The van der Waals surface area contributed by atoms with Crippen LogP contribution in [0.25, 0.3) is 20.8 Å². The summed E-state index contributed by atoms with van der Waals surface area (Å²) in [6.07, 6.45) is 2.12. The second-order valence-corrected chi connectivity index (χ2v) is 11.0. The normalized spacial score (nSPS) is 26.2. The monoisotopic (exact) mass is 516 g/mol. The molecule has 10 heteroatoms. The van der Waals surface area contributed by atoms with E-state index in [0.717, 1.165) is 44.0 Å². The second kappa shape index (κ2) is 8.83. The molecule has 0 saturated heterocycles. The molecule has 5 atom stereocenters. The topological polar surface area (TPSA) is 133 Å². The van der Waals surface area contributed by atoms with Gasteiger partial charge in [-0.25, -0.2) is 9.97 Å². The molecule has 3 heterocycles. The van der Waals surface area contributed by atoms with Gasteiger partial charge in [0, 0.05) is 24.7 Å². The third kappa shape index (κ3) is 3.87. The van der Waals surface area contributed by atoms with Gasteiger partial charge in [0.05, 0.1) is 33.7 Å². The Hall–Kier alpha value is -3.47. The van der Waals surface area contributed by atoms with Crippen molar-refractivity contribution in [1.29, 1.82) is 0 Å². The van der Waals surface area contributed by atoms with E-state index < -0.39 is 17.6 Å². The fourth-order valence-corrected chi connectivity index (χ4v) is 6.67. The number of aromatic nitrogens is 4. The molecule has 2 aliphatic carbocycles. The largest absolute Gasteiger partial charge is 0.390 e. The number of thiazole rings is 1. The van der Waals surface area contributed by atoms with Crippen molar-refractivity contribution in [3.05, 3.63) is 59.0 Å². The lowest BCUT2D eigenvalue weighted by Gasteiger charge is -2.25. The number of aliphatic hydroxyl groups is 2. The number of nitrogens with zero attached hydrogens (tertiary/aromatic N) is 4. The Balaban J connectivity index is 1.39. The molecule has 0 spiro atoms. The molecule has 9 nitrogen and oxygen atoms in total. The average molecular weight is 517 g/mol. The van der Waals surface area contributed by atoms with Gasteiger partial charge in [-0.05, 0) is 44.4 Å². The predicted octanol–water partition coefficient (Wildman–Crippen LogP) is 3.41. The highest BCUT2D eigenvalue weighted by Gasteiger charge is 2.74. The molecule has 2 saturated carbocycles. The molecular formula is C27H28N6O3S. The van der Waals surface area contributed by atoms with Crippen LogP contribution >= 0.6 is 11.3 Å². The van der Waals surface area contributed by atoms with Gasteiger partial charge in [-0.3, -0.25) is 4.98 Å². The first-order chi connectivity index (χ1) is 17.8. The molecule has 1 aromatic carbocycles. The highest BCUT2D eigenvalue weighted by molar-refractivity contribution is 7.21. The lowest BCUT2D eigenvalue weighted by Crippen LogP contribution is -2.38. The number of aliphatic hydroxyl groups excluding tert-OH is 1. The first-order valence-electron chi connectivity index (χ1n) is 12.3. The van der Waals surface area contributed by atoms with Crippen LogP contribution in [0, 0.1) is 32.6 Å². The van der Waals surface area contributed by atoms with Crippen LogP contribution in [-0.4, -0.2) is 54.2 Å². The fourth-order valence-electron chi connectivity index (χ4n) is 5.56. The summed E-state index contributed by atoms with van der Waals surface area (Å²) in [6, 6.07) is 9.70. The van der Waals surface area contributed by atoms with Crippen LogP contribution in [0.15, 0.2) is 36.5 Å². The molecule has 6 rings (SSSR count). The van der Waals surface area contributed by atoms with Crippen molar-refractivity contribution in [3.8, 4) is 10.6 Å². The van der Waals surface area contributed by atoms with E-state index in [9.17, 15) is 15.0 Å². The van der Waals surface area contributed by atoms with Crippen molar-refractivity contribution >= 4 is 39.6 Å². The number of hydrogen-bond donors (Lipinski definition) is 4. The standard InChI is InChI=1S/C27H28N6O3S/c1-13-6-4-5-7-16(13)11-29-26-30-14(2)21(25-32-22-15(3)28-9-8-20(22)37-25)24(33-26)31-19-10-17-23(35)27(17,36)18(19)12-34/h4-9,12,17-19,23,35-36H,10-11H2,1-3H3,(H2,29,30,31,33). The van der Waals surface area contributed by atoms with Gasteiger partial charge >= 0.3 is 0 Å². The summed E-state index contributed by atoms with van der Waals surface area (Å²) in [4.78, 5) is 30.7. The molecule has 4 N–H and O–H groups in total. The number of hydrogen-bond acceptors (Lipinski definition) is 10. The van der Waals surface area contributed by atoms with E-state index >= 15 is 0 Å². The Bertz CT molecular complexity index is 1520. The zero-order valence-corrected chi connectivity index (χ0v) is 21.6. The molecule has 2 aliphatic rings. The van der Waals surface area contributed by atoms with Crippen molar-refractivity contribution in [2.24, 2.45) is 11.8 Å². The summed E-state index contributed by atoms with van der Waals surface area (Å²) in [7, 11) is 0. The summed E-state index contributed by atoms with van der Waals surface area (Å²) in [5, 5.41) is 28.5. The van der Waals surface area contributed by atoms with Crippen LogP contribution in [0.1, 0.15) is 28.9 Å². The summed E-state index contributed by atoms with van der Waals surface area (Å²) < 4.78 is 1.01. The molecule has 2 fully saturated rings.